The third kappa shape index (κ3) is 2.22. The number of aromatic nitrogens is 1. The SMILES string of the molecule is Cc1cccc2c(C(=O)O)cc(-c3cccc4ccccc34)nc12. The molecule has 116 valence electrons. The van der Waals surface area contributed by atoms with Gasteiger partial charge in [-0.25, -0.2) is 9.78 Å². The van der Waals surface area contributed by atoms with Crippen molar-refractivity contribution in [2.24, 2.45) is 0 Å². The zero-order chi connectivity index (χ0) is 16.7. The van der Waals surface area contributed by atoms with E-state index in [0.29, 0.717) is 11.1 Å². The molecule has 1 aromatic heterocycles. The van der Waals surface area contributed by atoms with E-state index in [-0.39, 0.29) is 5.56 Å². The van der Waals surface area contributed by atoms with Gasteiger partial charge in [0.05, 0.1) is 16.8 Å². The Hall–Kier alpha value is -3.20. The van der Waals surface area contributed by atoms with Crippen LogP contribution in [0.4, 0.5) is 0 Å². The van der Waals surface area contributed by atoms with Crippen molar-refractivity contribution in [1.82, 2.24) is 4.98 Å². The van der Waals surface area contributed by atoms with E-state index in [2.05, 4.69) is 0 Å². The fourth-order valence-corrected chi connectivity index (χ4v) is 3.16. The van der Waals surface area contributed by atoms with Crippen LogP contribution in [0.15, 0.2) is 66.7 Å². The second-order valence-corrected chi connectivity index (χ2v) is 5.86. The van der Waals surface area contributed by atoms with Crippen molar-refractivity contribution in [2.45, 2.75) is 6.92 Å². The molecule has 0 spiro atoms. The van der Waals surface area contributed by atoms with Gasteiger partial charge >= 0.3 is 5.97 Å². The molecule has 0 aliphatic carbocycles. The van der Waals surface area contributed by atoms with Crippen molar-refractivity contribution in [3.05, 3.63) is 77.9 Å². The molecule has 3 aromatic carbocycles. The molecule has 0 bridgehead atoms. The Morgan fingerprint density at radius 3 is 2.46 bits per heavy atom. The topological polar surface area (TPSA) is 50.2 Å². The summed E-state index contributed by atoms with van der Waals surface area (Å²) in [5.41, 5.74) is 3.62. The molecular formula is C21H15NO2. The second kappa shape index (κ2) is 5.46. The van der Waals surface area contributed by atoms with E-state index in [1.54, 1.807) is 6.07 Å². The number of aromatic carboxylic acids is 1. The van der Waals surface area contributed by atoms with Crippen LogP contribution < -0.4 is 0 Å². The molecule has 0 unspecified atom stereocenters. The molecule has 4 aromatic rings. The number of carboxylic acid groups (broad SMARTS) is 1. The lowest BCUT2D eigenvalue weighted by Gasteiger charge is -2.11. The standard InChI is InChI=1S/C21H15NO2/c1-13-6-4-11-17-18(21(23)24)12-19(22-20(13)17)16-10-5-8-14-7-2-3-9-15(14)16/h2-12H,1H3,(H,23,24). The summed E-state index contributed by atoms with van der Waals surface area (Å²) in [6.45, 7) is 1.95. The quantitative estimate of drug-likeness (QED) is 0.562. The number of pyridine rings is 1. The van der Waals surface area contributed by atoms with Gasteiger partial charge in [-0.1, -0.05) is 60.7 Å². The number of hydrogen-bond donors (Lipinski definition) is 1. The molecule has 1 heterocycles. The second-order valence-electron chi connectivity index (χ2n) is 5.86. The summed E-state index contributed by atoms with van der Waals surface area (Å²) in [5, 5.41) is 12.5. The number of rotatable bonds is 2. The van der Waals surface area contributed by atoms with Crippen LogP contribution in [0.5, 0.6) is 0 Å². The molecule has 3 heteroatoms. The first-order valence-corrected chi connectivity index (χ1v) is 7.77. The lowest BCUT2D eigenvalue weighted by atomic mass is 9.98. The highest BCUT2D eigenvalue weighted by molar-refractivity contribution is 6.06. The van der Waals surface area contributed by atoms with Crippen LogP contribution >= 0.6 is 0 Å². The number of benzene rings is 3. The summed E-state index contributed by atoms with van der Waals surface area (Å²) >= 11 is 0. The molecule has 1 N–H and O–H groups in total. The smallest absolute Gasteiger partial charge is 0.336 e. The minimum Gasteiger partial charge on any atom is -0.478 e. The van der Waals surface area contributed by atoms with Gasteiger partial charge in [0.25, 0.3) is 0 Å². The molecule has 0 amide bonds. The Balaban J connectivity index is 2.10. The average Bonchev–Trinajstić information content (AvgIpc) is 2.61. The molecule has 0 atom stereocenters. The maximum absolute atomic E-state index is 11.7. The van der Waals surface area contributed by atoms with Gasteiger partial charge in [0.2, 0.25) is 0 Å². The first-order chi connectivity index (χ1) is 11.6. The number of para-hydroxylation sites is 1. The van der Waals surface area contributed by atoms with E-state index >= 15 is 0 Å². The van der Waals surface area contributed by atoms with E-state index in [4.69, 9.17) is 4.98 Å². The minimum atomic E-state index is -0.936. The first kappa shape index (κ1) is 14.4. The number of aryl methyl sites for hydroxylation is 1. The highest BCUT2D eigenvalue weighted by Gasteiger charge is 2.15. The van der Waals surface area contributed by atoms with E-state index < -0.39 is 5.97 Å². The van der Waals surface area contributed by atoms with Crippen LogP contribution in [0.1, 0.15) is 15.9 Å². The fourth-order valence-electron chi connectivity index (χ4n) is 3.16. The van der Waals surface area contributed by atoms with Crippen molar-refractivity contribution in [1.29, 1.82) is 0 Å². The number of carbonyl (C=O) groups is 1. The van der Waals surface area contributed by atoms with Gasteiger partial charge in [-0.3, -0.25) is 0 Å². The number of hydrogen-bond acceptors (Lipinski definition) is 2. The highest BCUT2D eigenvalue weighted by Crippen LogP contribution is 2.31. The third-order valence-electron chi connectivity index (χ3n) is 4.34. The van der Waals surface area contributed by atoms with Gasteiger partial charge in [0.15, 0.2) is 0 Å². The monoisotopic (exact) mass is 313 g/mol. The molecule has 0 radical (unpaired) electrons. The van der Waals surface area contributed by atoms with Gasteiger partial charge < -0.3 is 5.11 Å². The summed E-state index contributed by atoms with van der Waals surface area (Å²) in [5.74, 6) is -0.936. The van der Waals surface area contributed by atoms with Crippen LogP contribution in [0.25, 0.3) is 32.9 Å². The molecule has 3 nitrogen and oxygen atoms in total. The molecule has 24 heavy (non-hydrogen) atoms. The Morgan fingerprint density at radius 1 is 0.917 bits per heavy atom. The lowest BCUT2D eigenvalue weighted by Crippen LogP contribution is -2.01. The maximum atomic E-state index is 11.7. The summed E-state index contributed by atoms with van der Waals surface area (Å²) < 4.78 is 0. The van der Waals surface area contributed by atoms with Crippen molar-refractivity contribution >= 4 is 27.6 Å². The van der Waals surface area contributed by atoms with Crippen molar-refractivity contribution in [3.63, 3.8) is 0 Å². The largest absolute Gasteiger partial charge is 0.478 e. The van der Waals surface area contributed by atoms with Gasteiger partial charge in [-0.2, -0.15) is 0 Å². The van der Waals surface area contributed by atoms with Crippen molar-refractivity contribution < 1.29 is 9.90 Å². The first-order valence-electron chi connectivity index (χ1n) is 7.77. The van der Waals surface area contributed by atoms with Crippen molar-refractivity contribution in [2.75, 3.05) is 0 Å². The Morgan fingerprint density at radius 2 is 1.62 bits per heavy atom. The Bertz CT molecular complexity index is 1090. The number of carboxylic acids is 1. The summed E-state index contributed by atoms with van der Waals surface area (Å²) in [6.07, 6.45) is 0. The van der Waals surface area contributed by atoms with Crippen LogP contribution in [0.2, 0.25) is 0 Å². The van der Waals surface area contributed by atoms with Gasteiger partial charge in [-0.15, -0.1) is 0 Å². The molecule has 4 rings (SSSR count). The molecular weight excluding hydrogens is 298 g/mol. The maximum Gasteiger partial charge on any atom is 0.336 e. The van der Waals surface area contributed by atoms with E-state index in [1.807, 2.05) is 67.6 Å². The Kier molecular flexibility index (Phi) is 3.28. The summed E-state index contributed by atoms with van der Waals surface area (Å²) in [4.78, 5) is 16.5. The number of fused-ring (bicyclic) bond motifs is 2. The zero-order valence-electron chi connectivity index (χ0n) is 13.2. The summed E-state index contributed by atoms with van der Waals surface area (Å²) in [6, 6.07) is 21.4. The molecule has 0 saturated heterocycles. The third-order valence-corrected chi connectivity index (χ3v) is 4.34. The normalized spacial score (nSPS) is 11.0. The Labute approximate surface area is 139 Å². The predicted molar refractivity (Wildman–Crippen MR) is 96.4 cm³/mol. The summed E-state index contributed by atoms with van der Waals surface area (Å²) in [7, 11) is 0. The van der Waals surface area contributed by atoms with Gasteiger partial charge in [-0.05, 0) is 29.3 Å². The zero-order valence-corrected chi connectivity index (χ0v) is 13.2. The molecule has 0 aliphatic rings. The molecule has 0 aliphatic heterocycles. The molecule has 0 saturated carbocycles. The molecule has 0 fully saturated rings. The van der Waals surface area contributed by atoms with E-state index in [1.165, 1.54) is 0 Å². The van der Waals surface area contributed by atoms with Crippen LogP contribution in [-0.2, 0) is 0 Å². The van der Waals surface area contributed by atoms with E-state index in [0.717, 1.165) is 27.4 Å². The lowest BCUT2D eigenvalue weighted by molar-refractivity contribution is 0.0699. The highest BCUT2D eigenvalue weighted by atomic mass is 16.4. The van der Waals surface area contributed by atoms with Gasteiger partial charge in [0, 0.05) is 10.9 Å². The minimum absolute atomic E-state index is 0.284. The van der Waals surface area contributed by atoms with E-state index in [9.17, 15) is 9.90 Å². The predicted octanol–water partition coefficient (Wildman–Crippen LogP) is 5.06. The average molecular weight is 313 g/mol. The van der Waals surface area contributed by atoms with Crippen LogP contribution in [-0.4, -0.2) is 16.1 Å². The van der Waals surface area contributed by atoms with Crippen LogP contribution in [0, 0.1) is 6.92 Å². The van der Waals surface area contributed by atoms with Gasteiger partial charge in [0.1, 0.15) is 0 Å². The fraction of sp³-hybridized carbons (Fsp3) is 0.0476. The number of nitrogens with zero attached hydrogens (tertiary/aromatic N) is 1. The van der Waals surface area contributed by atoms with Crippen LogP contribution in [0.3, 0.4) is 0 Å². The van der Waals surface area contributed by atoms with Crippen molar-refractivity contribution in [3.8, 4) is 11.3 Å².